The van der Waals surface area contributed by atoms with E-state index < -0.39 is 0 Å². The fraction of sp³-hybridized carbons (Fsp3) is 0.615. The molecule has 1 aromatic heterocycles. The van der Waals surface area contributed by atoms with Gasteiger partial charge >= 0.3 is 0 Å². The molecule has 6 heteroatoms. The van der Waals surface area contributed by atoms with Crippen LogP contribution in [-0.2, 0) is 11.3 Å². The van der Waals surface area contributed by atoms with Crippen molar-refractivity contribution in [1.29, 1.82) is 0 Å². The van der Waals surface area contributed by atoms with E-state index in [2.05, 4.69) is 55.0 Å². The maximum Gasteiger partial charge on any atom is 0.257 e. The molecule has 32 heavy (non-hydrogen) atoms. The molecule has 3 heterocycles. The third-order valence-corrected chi connectivity index (χ3v) is 6.95. The Morgan fingerprint density at radius 2 is 1.97 bits per heavy atom. The van der Waals surface area contributed by atoms with E-state index in [1.807, 2.05) is 15.8 Å². The van der Waals surface area contributed by atoms with Gasteiger partial charge in [0.2, 0.25) is 0 Å². The molecule has 1 amide bonds. The maximum atomic E-state index is 13.4. The maximum absolute atomic E-state index is 13.4. The Labute approximate surface area is 192 Å². The second-order valence-corrected chi connectivity index (χ2v) is 9.79. The molecule has 174 valence electrons. The van der Waals surface area contributed by atoms with Crippen molar-refractivity contribution in [3.8, 4) is 0 Å². The zero-order chi connectivity index (χ0) is 22.5. The molecule has 0 radical (unpaired) electrons. The van der Waals surface area contributed by atoms with Gasteiger partial charge in [-0.05, 0) is 76.6 Å². The van der Waals surface area contributed by atoms with E-state index in [0.29, 0.717) is 18.0 Å². The van der Waals surface area contributed by atoms with E-state index in [4.69, 9.17) is 4.74 Å². The molecule has 2 saturated heterocycles. The SMILES string of the molecule is Cc1ccccc1CN1CCC(CN(CC2CCCO2)C(=O)c2cnn(C(C)C)c2)CC1. The van der Waals surface area contributed by atoms with Crippen molar-refractivity contribution >= 4 is 5.91 Å². The fourth-order valence-corrected chi connectivity index (χ4v) is 4.86. The molecule has 0 saturated carbocycles. The van der Waals surface area contributed by atoms with Crippen LogP contribution in [0.15, 0.2) is 36.7 Å². The molecule has 1 aromatic carbocycles. The second kappa shape index (κ2) is 10.6. The molecule has 0 bridgehead atoms. The Kier molecular flexibility index (Phi) is 7.63. The van der Waals surface area contributed by atoms with Crippen molar-refractivity contribution in [2.75, 3.05) is 32.8 Å². The van der Waals surface area contributed by atoms with Crippen molar-refractivity contribution in [3.05, 3.63) is 53.3 Å². The van der Waals surface area contributed by atoms with E-state index >= 15 is 0 Å². The number of piperidine rings is 1. The van der Waals surface area contributed by atoms with Gasteiger partial charge in [0, 0.05) is 38.5 Å². The molecular formula is C26H38N4O2. The highest BCUT2D eigenvalue weighted by molar-refractivity contribution is 5.93. The van der Waals surface area contributed by atoms with E-state index in [1.54, 1.807) is 6.20 Å². The first-order chi connectivity index (χ1) is 15.5. The number of aryl methyl sites for hydroxylation is 1. The van der Waals surface area contributed by atoms with E-state index in [0.717, 1.165) is 58.5 Å². The molecule has 6 nitrogen and oxygen atoms in total. The van der Waals surface area contributed by atoms with Crippen LogP contribution in [0.3, 0.4) is 0 Å². The predicted molar refractivity (Wildman–Crippen MR) is 127 cm³/mol. The highest BCUT2D eigenvalue weighted by Gasteiger charge is 2.28. The largest absolute Gasteiger partial charge is 0.376 e. The predicted octanol–water partition coefficient (Wildman–Crippen LogP) is 4.31. The lowest BCUT2D eigenvalue weighted by atomic mass is 9.95. The van der Waals surface area contributed by atoms with Gasteiger partial charge in [0.15, 0.2) is 0 Å². The summed E-state index contributed by atoms with van der Waals surface area (Å²) < 4.78 is 7.74. The number of carbonyl (C=O) groups excluding carboxylic acids is 1. The third kappa shape index (κ3) is 5.78. The average molecular weight is 439 g/mol. The first-order valence-electron chi connectivity index (χ1n) is 12.2. The molecule has 2 aliphatic rings. The number of likely N-dealkylation sites (tertiary alicyclic amines) is 1. The number of rotatable bonds is 8. The minimum atomic E-state index is 0.0924. The van der Waals surface area contributed by atoms with Gasteiger partial charge in [-0.1, -0.05) is 24.3 Å². The van der Waals surface area contributed by atoms with Crippen LogP contribution in [0, 0.1) is 12.8 Å². The van der Waals surface area contributed by atoms with Crippen molar-refractivity contribution < 1.29 is 9.53 Å². The van der Waals surface area contributed by atoms with E-state index in [1.165, 1.54) is 11.1 Å². The lowest BCUT2D eigenvalue weighted by Crippen LogP contribution is -2.43. The Morgan fingerprint density at radius 1 is 1.19 bits per heavy atom. The molecule has 4 rings (SSSR count). The molecule has 2 fully saturated rings. The number of ether oxygens (including phenoxy) is 1. The third-order valence-electron chi connectivity index (χ3n) is 6.95. The highest BCUT2D eigenvalue weighted by atomic mass is 16.5. The number of carbonyl (C=O) groups is 1. The molecule has 0 N–H and O–H groups in total. The number of hydrogen-bond acceptors (Lipinski definition) is 4. The minimum Gasteiger partial charge on any atom is -0.376 e. The van der Waals surface area contributed by atoms with Crippen molar-refractivity contribution in [2.24, 2.45) is 5.92 Å². The number of hydrogen-bond donors (Lipinski definition) is 0. The zero-order valence-electron chi connectivity index (χ0n) is 19.9. The number of nitrogens with zero attached hydrogens (tertiary/aromatic N) is 4. The lowest BCUT2D eigenvalue weighted by Gasteiger charge is -2.35. The Hall–Kier alpha value is -2.18. The van der Waals surface area contributed by atoms with Gasteiger partial charge < -0.3 is 9.64 Å². The zero-order valence-corrected chi connectivity index (χ0v) is 19.9. The van der Waals surface area contributed by atoms with Crippen molar-refractivity contribution in [1.82, 2.24) is 19.6 Å². The van der Waals surface area contributed by atoms with Crippen LogP contribution < -0.4 is 0 Å². The highest BCUT2D eigenvalue weighted by Crippen LogP contribution is 2.23. The van der Waals surface area contributed by atoms with Crippen molar-refractivity contribution in [2.45, 2.75) is 65.1 Å². The van der Waals surface area contributed by atoms with E-state index in [9.17, 15) is 4.79 Å². The summed E-state index contributed by atoms with van der Waals surface area (Å²) in [5.74, 6) is 0.628. The van der Waals surface area contributed by atoms with Gasteiger partial charge in [0.05, 0.1) is 17.9 Å². The molecule has 2 aliphatic heterocycles. The van der Waals surface area contributed by atoms with Crippen LogP contribution in [0.25, 0.3) is 0 Å². The summed E-state index contributed by atoms with van der Waals surface area (Å²) in [5.41, 5.74) is 3.47. The van der Waals surface area contributed by atoms with Gasteiger partial charge in [-0.25, -0.2) is 0 Å². The van der Waals surface area contributed by atoms with Crippen LogP contribution in [0.2, 0.25) is 0 Å². The first kappa shape index (κ1) is 23.0. The fourth-order valence-electron chi connectivity index (χ4n) is 4.86. The quantitative estimate of drug-likeness (QED) is 0.616. The molecular weight excluding hydrogens is 400 g/mol. The standard InChI is InChI=1S/C26H38N4O2/c1-20(2)30-18-24(15-27-30)26(31)29(19-25-9-6-14-32-25)16-22-10-12-28(13-11-22)17-23-8-5-4-7-21(23)3/h4-5,7-8,15,18,20,22,25H,6,9-14,16-17,19H2,1-3H3. The summed E-state index contributed by atoms with van der Waals surface area (Å²) in [6, 6.07) is 8.92. The number of amides is 1. The number of aromatic nitrogens is 2. The van der Waals surface area contributed by atoms with Crippen LogP contribution in [0.1, 0.15) is 67.1 Å². The normalized spacial score (nSPS) is 20.2. The number of benzene rings is 1. The van der Waals surface area contributed by atoms with Crippen LogP contribution in [-0.4, -0.2) is 64.4 Å². The molecule has 0 aliphatic carbocycles. The molecule has 2 aromatic rings. The topological polar surface area (TPSA) is 50.6 Å². The Morgan fingerprint density at radius 3 is 2.62 bits per heavy atom. The van der Waals surface area contributed by atoms with Gasteiger partial charge in [-0.15, -0.1) is 0 Å². The Bertz CT molecular complexity index is 879. The van der Waals surface area contributed by atoms with Gasteiger partial charge in [-0.3, -0.25) is 14.4 Å². The van der Waals surface area contributed by atoms with Crippen molar-refractivity contribution in [3.63, 3.8) is 0 Å². The Balaban J connectivity index is 1.36. The molecule has 1 atom stereocenters. The van der Waals surface area contributed by atoms with Crippen LogP contribution >= 0.6 is 0 Å². The summed E-state index contributed by atoms with van der Waals surface area (Å²) in [6.07, 6.45) is 8.17. The summed E-state index contributed by atoms with van der Waals surface area (Å²) >= 11 is 0. The summed E-state index contributed by atoms with van der Waals surface area (Å²) in [4.78, 5) is 18.0. The lowest BCUT2D eigenvalue weighted by molar-refractivity contribution is 0.0444. The first-order valence-corrected chi connectivity index (χ1v) is 12.2. The monoisotopic (exact) mass is 438 g/mol. The van der Waals surface area contributed by atoms with Crippen LogP contribution in [0.4, 0.5) is 0 Å². The summed E-state index contributed by atoms with van der Waals surface area (Å²) in [6.45, 7) is 11.9. The average Bonchev–Trinajstić information content (AvgIpc) is 3.48. The van der Waals surface area contributed by atoms with Gasteiger partial charge in [0.25, 0.3) is 5.91 Å². The van der Waals surface area contributed by atoms with Gasteiger partial charge in [0.1, 0.15) is 0 Å². The van der Waals surface area contributed by atoms with Gasteiger partial charge in [-0.2, -0.15) is 5.10 Å². The summed E-state index contributed by atoms with van der Waals surface area (Å²) in [7, 11) is 0. The molecule has 0 spiro atoms. The summed E-state index contributed by atoms with van der Waals surface area (Å²) in [5, 5.41) is 4.39. The molecule has 1 unspecified atom stereocenters. The smallest absolute Gasteiger partial charge is 0.257 e. The van der Waals surface area contributed by atoms with E-state index in [-0.39, 0.29) is 18.1 Å². The minimum absolute atomic E-state index is 0.0924. The van der Waals surface area contributed by atoms with Crippen LogP contribution in [0.5, 0.6) is 0 Å². The second-order valence-electron chi connectivity index (χ2n) is 9.79.